The SMILES string of the molecule is CCCc1ccc(N(N)Cc2ccc([N+](=O)[O-])cc2)cc1. The maximum atomic E-state index is 10.6. The van der Waals surface area contributed by atoms with Crippen molar-refractivity contribution in [1.82, 2.24) is 0 Å². The molecular weight excluding hydrogens is 266 g/mol. The van der Waals surface area contributed by atoms with E-state index in [4.69, 9.17) is 5.84 Å². The Hall–Kier alpha value is -2.40. The van der Waals surface area contributed by atoms with Crippen LogP contribution in [0.5, 0.6) is 0 Å². The second-order valence-corrected chi connectivity index (χ2v) is 4.97. The Bertz CT molecular complexity index is 594. The molecule has 2 aromatic carbocycles. The molecule has 0 saturated heterocycles. The number of hydrogen-bond acceptors (Lipinski definition) is 4. The topological polar surface area (TPSA) is 72.4 Å². The first-order valence-corrected chi connectivity index (χ1v) is 6.94. The van der Waals surface area contributed by atoms with Crippen LogP contribution in [0.15, 0.2) is 48.5 Å². The number of nitro groups is 1. The highest BCUT2D eigenvalue weighted by Gasteiger charge is 2.06. The van der Waals surface area contributed by atoms with Gasteiger partial charge in [-0.3, -0.25) is 10.1 Å². The van der Waals surface area contributed by atoms with Crippen LogP contribution < -0.4 is 10.9 Å². The van der Waals surface area contributed by atoms with Gasteiger partial charge in [-0.2, -0.15) is 0 Å². The van der Waals surface area contributed by atoms with Gasteiger partial charge >= 0.3 is 0 Å². The van der Waals surface area contributed by atoms with Gasteiger partial charge < -0.3 is 5.01 Å². The Morgan fingerprint density at radius 1 is 1.05 bits per heavy atom. The van der Waals surface area contributed by atoms with Crippen molar-refractivity contribution >= 4 is 11.4 Å². The second-order valence-electron chi connectivity index (χ2n) is 4.97. The normalized spacial score (nSPS) is 10.4. The Balaban J connectivity index is 2.03. The molecule has 110 valence electrons. The van der Waals surface area contributed by atoms with Gasteiger partial charge in [0, 0.05) is 12.1 Å². The first-order valence-electron chi connectivity index (χ1n) is 6.94. The second kappa shape index (κ2) is 6.85. The smallest absolute Gasteiger partial charge is 0.269 e. The lowest BCUT2D eigenvalue weighted by atomic mass is 10.1. The predicted molar refractivity (Wildman–Crippen MR) is 83.9 cm³/mol. The van der Waals surface area contributed by atoms with E-state index in [1.807, 2.05) is 12.1 Å². The van der Waals surface area contributed by atoms with E-state index in [1.54, 1.807) is 17.1 Å². The molecule has 0 aliphatic heterocycles. The van der Waals surface area contributed by atoms with Crippen molar-refractivity contribution in [3.8, 4) is 0 Å². The average Bonchev–Trinajstić information content (AvgIpc) is 2.49. The number of nitrogens with two attached hydrogens (primary N) is 1. The summed E-state index contributed by atoms with van der Waals surface area (Å²) in [7, 11) is 0. The summed E-state index contributed by atoms with van der Waals surface area (Å²) in [5.74, 6) is 6.05. The van der Waals surface area contributed by atoms with Gasteiger partial charge in [-0.1, -0.05) is 37.6 Å². The third-order valence-electron chi connectivity index (χ3n) is 3.31. The van der Waals surface area contributed by atoms with Crippen molar-refractivity contribution in [1.29, 1.82) is 0 Å². The van der Waals surface area contributed by atoms with E-state index in [2.05, 4.69) is 19.1 Å². The van der Waals surface area contributed by atoms with Crippen LogP contribution in [0.25, 0.3) is 0 Å². The van der Waals surface area contributed by atoms with Crippen LogP contribution in [0.4, 0.5) is 11.4 Å². The zero-order chi connectivity index (χ0) is 15.2. The number of hydrogen-bond donors (Lipinski definition) is 1. The van der Waals surface area contributed by atoms with E-state index in [-0.39, 0.29) is 5.69 Å². The first-order chi connectivity index (χ1) is 10.1. The number of anilines is 1. The van der Waals surface area contributed by atoms with Crippen molar-refractivity contribution in [2.45, 2.75) is 26.3 Å². The highest BCUT2D eigenvalue weighted by atomic mass is 16.6. The molecule has 0 aliphatic carbocycles. The van der Waals surface area contributed by atoms with Crippen LogP contribution in [0.2, 0.25) is 0 Å². The molecule has 0 radical (unpaired) electrons. The third kappa shape index (κ3) is 4.03. The van der Waals surface area contributed by atoms with Crippen molar-refractivity contribution in [2.75, 3.05) is 5.01 Å². The molecule has 21 heavy (non-hydrogen) atoms. The summed E-state index contributed by atoms with van der Waals surface area (Å²) in [6.45, 7) is 2.66. The van der Waals surface area contributed by atoms with Crippen LogP contribution in [0.3, 0.4) is 0 Å². The van der Waals surface area contributed by atoms with Crippen molar-refractivity contribution < 1.29 is 4.92 Å². The molecule has 2 rings (SSSR count). The van der Waals surface area contributed by atoms with Crippen molar-refractivity contribution in [3.05, 3.63) is 69.8 Å². The lowest BCUT2D eigenvalue weighted by molar-refractivity contribution is -0.384. The van der Waals surface area contributed by atoms with E-state index >= 15 is 0 Å². The van der Waals surface area contributed by atoms with Crippen LogP contribution >= 0.6 is 0 Å². The number of benzene rings is 2. The van der Waals surface area contributed by atoms with Gasteiger partial charge in [-0.05, 0) is 29.7 Å². The summed E-state index contributed by atoms with van der Waals surface area (Å²) in [4.78, 5) is 10.2. The molecule has 0 bridgehead atoms. The Morgan fingerprint density at radius 2 is 1.62 bits per heavy atom. The van der Waals surface area contributed by atoms with Crippen LogP contribution in [-0.4, -0.2) is 4.92 Å². The molecule has 5 heteroatoms. The number of non-ortho nitro benzene ring substituents is 1. The number of hydrazine groups is 1. The molecule has 0 saturated carbocycles. The minimum absolute atomic E-state index is 0.0891. The van der Waals surface area contributed by atoms with E-state index in [9.17, 15) is 10.1 Å². The largest absolute Gasteiger partial charge is 0.307 e. The Kier molecular flexibility index (Phi) is 4.90. The van der Waals surface area contributed by atoms with E-state index in [0.29, 0.717) is 6.54 Å². The summed E-state index contributed by atoms with van der Waals surface area (Å²) in [5, 5.41) is 12.2. The highest BCUT2D eigenvalue weighted by molar-refractivity contribution is 5.47. The number of aryl methyl sites for hydroxylation is 1. The molecule has 0 fully saturated rings. The number of rotatable bonds is 6. The fourth-order valence-electron chi connectivity index (χ4n) is 2.15. The quantitative estimate of drug-likeness (QED) is 0.501. The van der Waals surface area contributed by atoms with E-state index in [0.717, 1.165) is 24.1 Å². The van der Waals surface area contributed by atoms with Crippen LogP contribution in [-0.2, 0) is 13.0 Å². The maximum absolute atomic E-state index is 10.6. The zero-order valence-corrected chi connectivity index (χ0v) is 12.0. The van der Waals surface area contributed by atoms with Crippen LogP contribution in [0, 0.1) is 10.1 Å². The van der Waals surface area contributed by atoms with Gasteiger partial charge in [0.2, 0.25) is 0 Å². The number of nitro benzene ring substituents is 1. The van der Waals surface area contributed by atoms with Gasteiger partial charge in [-0.25, -0.2) is 5.84 Å². The van der Waals surface area contributed by atoms with Crippen molar-refractivity contribution in [2.24, 2.45) is 5.84 Å². The summed E-state index contributed by atoms with van der Waals surface area (Å²) in [5.41, 5.74) is 3.24. The standard InChI is InChI=1S/C16H19N3O2/c1-2-3-13-4-8-15(9-5-13)18(17)12-14-6-10-16(11-7-14)19(20)21/h4-11H,2-3,12,17H2,1H3. The Morgan fingerprint density at radius 3 is 2.14 bits per heavy atom. The minimum atomic E-state index is -0.406. The lowest BCUT2D eigenvalue weighted by Crippen LogP contribution is -2.29. The van der Waals surface area contributed by atoms with Gasteiger partial charge in [0.15, 0.2) is 0 Å². The van der Waals surface area contributed by atoms with E-state index < -0.39 is 4.92 Å². The summed E-state index contributed by atoms with van der Waals surface area (Å²) in [6, 6.07) is 14.6. The molecule has 5 nitrogen and oxygen atoms in total. The molecule has 0 heterocycles. The van der Waals surface area contributed by atoms with Gasteiger partial charge in [-0.15, -0.1) is 0 Å². The van der Waals surface area contributed by atoms with Gasteiger partial charge in [0.1, 0.15) is 0 Å². The molecular formula is C16H19N3O2. The molecule has 2 N–H and O–H groups in total. The predicted octanol–water partition coefficient (Wildman–Crippen LogP) is 3.43. The van der Waals surface area contributed by atoms with Crippen LogP contribution in [0.1, 0.15) is 24.5 Å². The third-order valence-corrected chi connectivity index (χ3v) is 3.31. The van der Waals surface area contributed by atoms with Gasteiger partial charge in [0.25, 0.3) is 5.69 Å². The summed E-state index contributed by atoms with van der Waals surface area (Å²) in [6.07, 6.45) is 2.18. The fourth-order valence-corrected chi connectivity index (χ4v) is 2.15. The van der Waals surface area contributed by atoms with Crippen molar-refractivity contribution in [3.63, 3.8) is 0 Å². The highest BCUT2D eigenvalue weighted by Crippen LogP contribution is 2.17. The molecule has 0 spiro atoms. The fraction of sp³-hybridized carbons (Fsp3) is 0.250. The summed E-state index contributed by atoms with van der Waals surface area (Å²) < 4.78 is 0. The monoisotopic (exact) mass is 285 g/mol. The zero-order valence-electron chi connectivity index (χ0n) is 12.0. The summed E-state index contributed by atoms with van der Waals surface area (Å²) >= 11 is 0. The first kappa shape index (κ1) is 15.0. The minimum Gasteiger partial charge on any atom is -0.307 e. The lowest BCUT2D eigenvalue weighted by Gasteiger charge is -2.19. The number of nitrogens with zero attached hydrogens (tertiary/aromatic N) is 2. The maximum Gasteiger partial charge on any atom is 0.269 e. The Labute approximate surface area is 124 Å². The average molecular weight is 285 g/mol. The molecule has 0 atom stereocenters. The molecule has 0 aliphatic rings. The molecule has 0 unspecified atom stereocenters. The molecule has 2 aromatic rings. The van der Waals surface area contributed by atoms with E-state index in [1.165, 1.54) is 17.7 Å². The molecule has 0 aromatic heterocycles. The van der Waals surface area contributed by atoms with Gasteiger partial charge in [0.05, 0.1) is 17.2 Å². The molecule has 0 amide bonds.